The van der Waals surface area contributed by atoms with Crippen LogP contribution in [0.4, 0.5) is 0 Å². The third-order valence-corrected chi connectivity index (χ3v) is 12.6. The summed E-state index contributed by atoms with van der Waals surface area (Å²) in [6.07, 6.45) is 1.47. The van der Waals surface area contributed by atoms with Crippen LogP contribution in [-0.2, 0) is 31.0 Å². The topological polar surface area (TPSA) is 199 Å². The highest BCUT2D eigenvalue weighted by Gasteiger charge is 2.58. The molecule has 3 aromatic carbocycles. The number of halogens is 4. The Balaban J connectivity index is 0.000000152. The van der Waals surface area contributed by atoms with E-state index < -0.39 is 33.4 Å². The quantitative estimate of drug-likeness (QED) is 0.136. The van der Waals surface area contributed by atoms with E-state index in [-0.39, 0.29) is 29.6 Å². The predicted molar refractivity (Wildman–Crippen MR) is 259 cm³/mol. The van der Waals surface area contributed by atoms with Crippen LogP contribution in [-0.4, -0.2) is 88.3 Å². The largest absolute Gasteiger partial charge is 0.487 e. The van der Waals surface area contributed by atoms with Crippen molar-refractivity contribution in [1.82, 2.24) is 20.4 Å². The zero-order valence-corrected chi connectivity index (χ0v) is 43.1. The molecule has 6 aliphatic rings. The molecule has 1 saturated heterocycles. The van der Waals surface area contributed by atoms with Gasteiger partial charge < -0.3 is 31.0 Å². The summed E-state index contributed by atoms with van der Waals surface area (Å²) in [6, 6.07) is 17.0. The fourth-order valence-corrected chi connectivity index (χ4v) is 10.0. The second-order valence-corrected chi connectivity index (χ2v) is 20.2. The lowest BCUT2D eigenvalue weighted by Gasteiger charge is -2.42. The molecule has 0 aromatic heterocycles. The molecule has 332 valence electrons. The van der Waals surface area contributed by atoms with Crippen molar-refractivity contribution in [1.29, 1.82) is 0 Å². The molecule has 1 fully saturated rings. The number of alkyl halides is 1. The van der Waals surface area contributed by atoms with E-state index in [1.54, 1.807) is 26.0 Å². The number of benzene rings is 3. The molecule has 3 spiro atoms. The summed E-state index contributed by atoms with van der Waals surface area (Å²) in [4.78, 5) is 56.0. The highest BCUT2D eigenvalue weighted by molar-refractivity contribution is 14.1. The van der Waals surface area contributed by atoms with Crippen molar-refractivity contribution >= 4 is 106 Å². The zero-order chi connectivity index (χ0) is 46.0. The van der Waals surface area contributed by atoms with Crippen LogP contribution in [0.25, 0.3) is 0 Å². The maximum atomic E-state index is 12.9. The zero-order valence-electron chi connectivity index (χ0n) is 36.2. The van der Waals surface area contributed by atoms with Gasteiger partial charge in [-0.15, -0.1) is 0 Å². The lowest BCUT2D eigenvalue weighted by Crippen LogP contribution is -2.53. The number of nitrogens with zero attached hydrogens (tertiary/aromatic N) is 5. The number of likely N-dealkylation sites (N-methyl/N-ethyl adjacent to an activating group) is 2. The van der Waals surface area contributed by atoms with E-state index in [4.69, 9.17) is 25.7 Å². The van der Waals surface area contributed by atoms with Gasteiger partial charge in [-0.1, -0.05) is 70.4 Å². The van der Waals surface area contributed by atoms with Gasteiger partial charge in [-0.2, -0.15) is 0 Å². The van der Waals surface area contributed by atoms with Crippen LogP contribution in [0.2, 0.25) is 0 Å². The second kappa shape index (κ2) is 16.9. The van der Waals surface area contributed by atoms with Crippen LogP contribution in [0.1, 0.15) is 77.5 Å². The van der Waals surface area contributed by atoms with Crippen molar-refractivity contribution in [3.8, 4) is 17.2 Å². The Morgan fingerprint density at radius 3 is 1.52 bits per heavy atom. The maximum Gasteiger partial charge on any atom is 0.261 e. The van der Waals surface area contributed by atoms with E-state index in [1.165, 1.54) is 4.90 Å². The highest BCUT2D eigenvalue weighted by Crippen LogP contribution is 2.51. The van der Waals surface area contributed by atoms with Crippen LogP contribution in [0.15, 0.2) is 83.0 Å². The van der Waals surface area contributed by atoms with E-state index in [0.717, 1.165) is 35.9 Å². The second-order valence-electron chi connectivity index (χ2n) is 17.5. The van der Waals surface area contributed by atoms with Crippen molar-refractivity contribution in [3.63, 3.8) is 0 Å². The number of hydrogen-bond donors (Lipinski definition) is 4. The minimum atomic E-state index is -0.981. The molecular weight excluding hydrogens is 1110 g/mol. The van der Waals surface area contributed by atoms with Crippen LogP contribution in [0, 0.1) is 0 Å². The molecule has 0 bridgehead atoms. The Kier molecular flexibility index (Phi) is 12.9. The average Bonchev–Trinajstić information content (AvgIpc) is 3.69. The van der Waals surface area contributed by atoms with Gasteiger partial charge in [0.05, 0.1) is 0 Å². The Bertz CT molecular complexity index is 2440. The molecule has 6 heterocycles. The molecule has 6 aliphatic heterocycles. The average molecular weight is 1160 g/mol. The smallest absolute Gasteiger partial charge is 0.261 e. The first-order chi connectivity index (χ1) is 28.9. The third kappa shape index (κ3) is 8.54. The summed E-state index contributed by atoms with van der Waals surface area (Å²) >= 11 is 12.5. The number of carbonyl (C=O) groups excluding carboxylic acids is 3. The molecule has 3 unspecified atom stereocenters. The molecule has 0 radical (unpaired) electrons. The number of amides is 3. The van der Waals surface area contributed by atoms with Crippen molar-refractivity contribution in [2.75, 3.05) is 26.1 Å². The molecule has 0 aliphatic carbocycles. The first-order valence-electron chi connectivity index (χ1n) is 19.5. The number of fused-ring (bicyclic) bond motifs is 6. The molecule has 3 aromatic rings. The van der Waals surface area contributed by atoms with Crippen molar-refractivity contribution in [2.24, 2.45) is 26.4 Å². The number of aliphatic imine (C=N–C) groups is 3. The SMILES string of the molecule is CC1(C)CC2(N=C(N)NC2=O)c2cc(Br)ccc2O1.CI.CN1C(=O)C2(CC(C)(C)Oc3ccc(Br)cc32)N=C1N.CN=C1NC2(CC(C)(C)Oc3ccc(Br)cc32)C(=O)N1C. The van der Waals surface area contributed by atoms with E-state index in [2.05, 4.69) is 96.0 Å². The molecule has 19 heteroatoms. The fraction of sp³-hybridized carbons (Fsp3) is 0.442. The molecule has 9 rings (SSSR count). The molecule has 3 amide bonds. The number of carbonyl (C=O) groups is 3. The molecule has 15 nitrogen and oxygen atoms in total. The number of guanidine groups is 3. The number of rotatable bonds is 0. The van der Waals surface area contributed by atoms with Gasteiger partial charge in [0.25, 0.3) is 17.7 Å². The fourth-order valence-electron chi connectivity index (χ4n) is 8.93. The molecule has 3 atom stereocenters. The molecule has 62 heavy (non-hydrogen) atoms. The normalized spacial score (nSPS) is 27.0. The molecule has 6 N–H and O–H groups in total. The monoisotopic (exact) mass is 1150 g/mol. The van der Waals surface area contributed by atoms with Crippen LogP contribution in [0.5, 0.6) is 17.2 Å². The number of nitrogens with two attached hydrogens (primary N) is 2. The Morgan fingerprint density at radius 1 is 0.661 bits per heavy atom. The summed E-state index contributed by atoms with van der Waals surface area (Å²) in [5.74, 6) is 2.79. The number of ether oxygens (including phenoxy) is 3. The van der Waals surface area contributed by atoms with Gasteiger partial charge in [-0.3, -0.25) is 34.5 Å². The van der Waals surface area contributed by atoms with E-state index in [0.29, 0.717) is 36.7 Å². The van der Waals surface area contributed by atoms with Gasteiger partial charge >= 0.3 is 0 Å². The number of hydrogen-bond acceptors (Lipinski definition) is 11. The Labute approximate surface area is 400 Å². The predicted octanol–water partition coefficient (Wildman–Crippen LogP) is 6.95. The van der Waals surface area contributed by atoms with Crippen LogP contribution in [0.3, 0.4) is 0 Å². The molecular formula is C43H51Br3IN9O6. The summed E-state index contributed by atoms with van der Waals surface area (Å²) < 4.78 is 20.6. The van der Waals surface area contributed by atoms with E-state index in [1.807, 2.05) is 101 Å². The van der Waals surface area contributed by atoms with Gasteiger partial charge in [0, 0.05) is 70.5 Å². The van der Waals surface area contributed by atoms with Crippen LogP contribution < -0.4 is 36.3 Å². The van der Waals surface area contributed by atoms with Crippen LogP contribution >= 0.6 is 70.4 Å². The Morgan fingerprint density at radius 2 is 1.10 bits per heavy atom. The van der Waals surface area contributed by atoms with Gasteiger partial charge in [0.15, 0.2) is 28.5 Å². The standard InChI is InChI=1S/C15H18BrN3O2.C14H16BrN3O2.C13H14BrN3O2.CH3I/c1-14(2)8-15(12(20)19(4)13(17-3)18-15)10-7-9(16)5-6-11(10)21-14;1-13(2)7-14(11(19)18(3)12(16)17-14)9-6-8(15)4-5-10(9)20-13;1-12(2)6-13(10(18)16-11(15)17-13)8-5-7(14)3-4-9(8)19-12;1-2/h5-7H,8H2,1-4H3,(H,17,18);4-6H,7H2,1-3H3,(H2,16,17);3-5H,6H2,1-2H3,(H3,15,16,17,18);1H3. The van der Waals surface area contributed by atoms with Crippen molar-refractivity contribution < 1.29 is 28.6 Å². The first kappa shape index (κ1) is 47.5. The van der Waals surface area contributed by atoms with Gasteiger partial charge in [0.1, 0.15) is 34.1 Å². The van der Waals surface area contributed by atoms with Gasteiger partial charge in [-0.05, 0) is 101 Å². The van der Waals surface area contributed by atoms with Gasteiger partial charge in [-0.25, -0.2) is 9.98 Å². The maximum absolute atomic E-state index is 12.9. The summed E-state index contributed by atoms with van der Waals surface area (Å²) in [6.45, 7) is 11.8. The highest BCUT2D eigenvalue weighted by atomic mass is 127. The van der Waals surface area contributed by atoms with Crippen molar-refractivity contribution in [2.45, 2.75) is 94.2 Å². The Hall–Kier alpha value is -3.95. The minimum Gasteiger partial charge on any atom is -0.487 e. The first-order valence-corrected chi connectivity index (χ1v) is 24.1. The summed E-state index contributed by atoms with van der Waals surface area (Å²) in [5.41, 5.74) is 9.74. The van der Waals surface area contributed by atoms with Gasteiger partial charge in [0.2, 0.25) is 5.96 Å². The summed E-state index contributed by atoms with van der Waals surface area (Å²) in [7, 11) is 5.07. The van der Waals surface area contributed by atoms with E-state index >= 15 is 0 Å². The molecule has 0 saturated carbocycles. The number of nitrogens with one attached hydrogen (secondary N) is 2. The van der Waals surface area contributed by atoms with E-state index in [9.17, 15) is 14.4 Å². The lowest BCUT2D eigenvalue weighted by atomic mass is 9.77. The minimum absolute atomic E-state index is 0.00109. The lowest BCUT2D eigenvalue weighted by molar-refractivity contribution is -0.134. The van der Waals surface area contributed by atoms with Crippen molar-refractivity contribution in [3.05, 3.63) is 84.7 Å². The third-order valence-electron chi connectivity index (χ3n) is 11.1. The summed E-state index contributed by atoms with van der Waals surface area (Å²) in [5, 5.41) is 5.91.